The van der Waals surface area contributed by atoms with Crippen LogP contribution in [0.25, 0.3) is 0 Å². The van der Waals surface area contributed by atoms with Crippen molar-refractivity contribution in [1.29, 1.82) is 0 Å². The molecule has 0 aromatic carbocycles. The van der Waals surface area contributed by atoms with Gasteiger partial charge in [0.2, 0.25) is 0 Å². The third-order valence-electron chi connectivity index (χ3n) is 11.3. The molecule has 3 unspecified atom stereocenters. The van der Waals surface area contributed by atoms with Crippen molar-refractivity contribution in [2.24, 2.45) is 0 Å². The van der Waals surface area contributed by atoms with Crippen LogP contribution in [0.5, 0.6) is 0 Å². The van der Waals surface area contributed by atoms with Crippen LogP contribution in [0.2, 0.25) is 0 Å². The van der Waals surface area contributed by atoms with E-state index in [0.717, 1.165) is 77.6 Å². The first-order chi connectivity index (χ1) is 25.1. The van der Waals surface area contributed by atoms with Gasteiger partial charge < -0.3 is 14.2 Å². The van der Waals surface area contributed by atoms with E-state index in [0.29, 0.717) is 37.9 Å². The highest BCUT2D eigenvalue weighted by molar-refractivity contribution is 4.80. The standard InChI is InChI=1S/C42H75N3O6/c46-40-43(31-25-19-13-7-1-4-10-16-22-28-37-34-49-37)41(47)45(33-27-21-15-9-3-6-12-18-24-30-39-36-51-39)42(48)44(40)32-26-20-14-8-2-5-11-17-23-29-38-35-50-38/h37-39H,1-36H2. The van der Waals surface area contributed by atoms with Gasteiger partial charge >= 0.3 is 17.1 Å². The third kappa shape index (κ3) is 19.3. The van der Waals surface area contributed by atoms with E-state index in [1.54, 1.807) is 0 Å². The molecule has 0 radical (unpaired) electrons. The number of epoxide rings is 3. The number of hydrogen-bond donors (Lipinski definition) is 0. The van der Waals surface area contributed by atoms with E-state index in [1.165, 1.54) is 149 Å². The summed E-state index contributed by atoms with van der Waals surface area (Å²) >= 11 is 0. The number of unbranched alkanes of at least 4 members (excludes halogenated alkanes) is 24. The van der Waals surface area contributed by atoms with E-state index in [4.69, 9.17) is 14.2 Å². The number of hydrogen-bond acceptors (Lipinski definition) is 6. The molecule has 0 spiro atoms. The largest absolute Gasteiger partial charge is 0.373 e. The summed E-state index contributed by atoms with van der Waals surface area (Å²) in [6, 6.07) is 0. The van der Waals surface area contributed by atoms with E-state index < -0.39 is 17.1 Å². The van der Waals surface area contributed by atoms with Crippen molar-refractivity contribution >= 4 is 0 Å². The molecule has 0 saturated carbocycles. The maximum atomic E-state index is 13.5. The number of ether oxygens (including phenoxy) is 3. The summed E-state index contributed by atoms with van der Waals surface area (Å²) in [6.07, 6.45) is 37.1. The smallest absolute Gasteiger partial charge is 0.336 e. The van der Waals surface area contributed by atoms with Crippen LogP contribution in [-0.2, 0) is 33.8 Å². The molecule has 294 valence electrons. The Bertz CT molecular complexity index is 1030. The number of aromatic nitrogens is 3. The lowest BCUT2D eigenvalue weighted by molar-refractivity contribution is 0.387. The van der Waals surface area contributed by atoms with Crippen molar-refractivity contribution in [1.82, 2.24) is 13.7 Å². The monoisotopic (exact) mass is 718 g/mol. The summed E-state index contributed by atoms with van der Waals surface area (Å²) in [5, 5.41) is 0. The average molecular weight is 718 g/mol. The van der Waals surface area contributed by atoms with E-state index >= 15 is 0 Å². The molecule has 9 heteroatoms. The lowest BCUT2D eigenvalue weighted by Gasteiger charge is -2.14. The van der Waals surface area contributed by atoms with Crippen LogP contribution in [-0.4, -0.2) is 51.8 Å². The van der Waals surface area contributed by atoms with Gasteiger partial charge in [0.15, 0.2) is 0 Å². The Balaban J connectivity index is 1.14. The maximum absolute atomic E-state index is 13.5. The topological polar surface area (TPSA) is 104 Å². The fourth-order valence-electron chi connectivity index (χ4n) is 7.60. The maximum Gasteiger partial charge on any atom is 0.336 e. The molecule has 1 aromatic rings. The van der Waals surface area contributed by atoms with Crippen LogP contribution in [0.4, 0.5) is 0 Å². The summed E-state index contributed by atoms with van der Waals surface area (Å²) in [7, 11) is 0. The molecule has 3 fully saturated rings. The van der Waals surface area contributed by atoms with Crippen molar-refractivity contribution in [3.8, 4) is 0 Å². The minimum absolute atomic E-state index is 0.404. The zero-order chi connectivity index (χ0) is 35.8. The van der Waals surface area contributed by atoms with Gasteiger partial charge in [0.05, 0.1) is 38.1 Å². The van der Waals surface area contributed by atoms with Crippen LogP contribution in [0.3, 0.4) is 0 Å². The number of rotatable bonds is 36. The first-order valence-electron chi connectivity index (χ1n) is 21.9. The normalized spacial score (nSPS) is 19.2. The van der Waals surface area contributed by atoms with Gasteiger partial charge in [-0.25, -0.2) is 28.1 Å². The fourth-order valence-corrected chi connectivity index (χ4v) is 7.60. The molecule has 4 rings (SSSR count). The molecule has 0 bridgehead atoms. The Morgan fingerprint density at radius 1 is 0.314 bits per heavy atom. The van der Waals surface area contributed by atoms with Gasteiger partial charge in [-0.1, -0.05) is 154 Å². The Hall–Kier alpha value is -1.71. The zero-order valence-corrected chi connectivity index (χ0v) is 32.5. The van der Waals surface area contributed by atoms with Crippen LogP contribution >= 0.6 is 0 Å². The van der Waals surface area contributed by atoms with Gasteiger partial charge in [-0.05, 0) is 38.5 Å². The molecule has 51 heavy (non-hydrogen) atoms. The SMILES string of the molecule is O=c1n(CCCCCCCCCCCC2CO2)c(=O)n(CCCCCCCCCCCC2CO2)c(=O)n1CCCCCCCCCCCC1CO1. The van der Waals surface area contributed by atoms with E-state index in [-0.39, 0.29) is 0 Å². The lowest BCUT2D eigenvalue weighted by atomic mass is 10.1. The Kier molecular flexibility index (Phi) is 21.5. The van der Waals surface area contributed by atoms with Crippen LogP contribution in [0, 0.1) is 0 Å². The third-order valence-corrected chi connectivity index (χ3v) is 11.3. The van der Waals surface area contributed by atoms with Crippen molar-refractivity contribution in [2.75, 3.05) is 19.8 Å². The zero-order valence-electron chi connectivity index (χ0n) is 32.5. The lowest BCUT2D eigenvalue weighted by Crippen LogP contribution is -2.54. The van der Waals surface area contributed by atoms with Crippen molar-refractivity contribution in [3.05, 3.63) is 31.5 Å². The van der Waals surface area contributed by atoms with Crippen molar-refractivity contribution in [3.63, 3.8) is 0 Å². The van der Waals surface area contributed by atoms with E-state index in [2.05, 4.69) is 0 Å². The average Bonchev–Trinajstić information content (AvgIpc) is 3.97. The second kappa shape index (κ2) is 26.1. The molecule has 3 aliphatic rings. The minimum atomic E-state index is -0.404. The van der Waals surface area contributed by atoms with Crippen molar-refractivity contribution < 1.29 is 14.2 Å². The van der Waals surface area contributed by atoms with Gasteiger partial charge in [0.25, 0.3) is 0 Å². The highest BCUT2D eigenvalue weighted by atomic mass is 16.6. The summed E-state index contributed by atoms with van der Waals surface area (Å²) in [4.78, 5) is 40.5. The second-order valence-electron chi connectivity index (χ2n) is 16.1. The summed E-state index contributed by atoms with van der Waals surface area (Å²) in [5.74, 6) is 0. The molecule has 0 amide bonds. The summed E-state index contributed by atoms with van der Waals surface area (Å²) in [5.41, 5.74) is -1.21. The van der Waals surface area contributed by atoms with Crippen LogP contribution in [0.15, 0.2) is 14.4 Å². The Labute approximate surface area is 309 Å². The van der Waals surface area contributed by atoms with Gasteiger partial charge in [-0.2, -0.15) is 0 Å². The Morgan fingerprint density at radius 3 is 0.686 bits per heavy atom. The Morgan fingerprint density at radius 2 is 0.490 bits per heavy atom. The van der Waals surface area contributed by atoms with E-state index in [9.17, 15) is 14.4 Å². The van der Waals surface area contributed by atoms with Gasteiger partial charge in [0.1, 0.15) is 0 Å². The molecule has 1 aromatic heterocycles. The number of nitrogens with zero attached hydrogens (tertiary/aromatic N) is 3. The highest BCUT2D eigenvalue weighted by Gasteiger charge is 2.22. The second-order valence-corrected chi connectivity index (χ2v) is 16.1. The van der Waals surface area contributed by atoms with Gasteiger partial charge in [-0.3, -0.25) is 0 Å². The van der Waals surface area contributed by atoms with Crippen molar-refractivity contribution in [2.45, 2.75) is 231 Å². The fraction of sp³-hybridized carbons (Fsp3) is 0.929. The quantitative estimate of drug-likeness (QED) is 0.0507. The minimum Gasteiger partial charge on any atom is -0.373 e. The van der Waals surface area contributed by atoms with Gasteiger partial charge in [-0.15, -0.1) is 0 Å². The molecule has 4 heterocycles. The van der Waals surface area contributed by atoms with Gasteiger partial charge in [0, 0.05) is 19.6 Å². The molecule has 0 aliphatic carbocycles. The first-order valence-corrected chi connectivity index (χ1v) is 21.9. The molecule has 3 atom stereocenters. The molecule has 3 aliphatic heterocycles. The predicted molar refractivity (Wildman–Crippen MR) is 207 cm³/mol. The summed E-state index contributed by atoms with van der Waals surface area (Å²) < 4.78 is 20.0. The van der Waals surface area contributed by atoms with E-state index in [1.807, 2.05) is 0 Å². The molecule has 9 nitrogen and oxygen atoms in total. The summed E-state index contributed by atoms with van der Waals surface area (Å²) in [6.45, 7) is 4.12. The first kappa shape index (κ1) is 42.0. The molecular formula is C42H75N3O6. The molecule has 3 saturated heterocycles. The van der Waals surface area contributed by atoms with Crippen LogP contribution < -0.4 is 17.1 Å². The predicted octanol–water partition coefficient (Wildman–Crippen LogP) is 9.07. The highest BCUT2D eigenvalue weighted by Crippen LogP contribution is 2.20. The molecular weight excluding hydrogens is 642 g/mol. The molecule has 0 N–H and O–H groups in total. The van der Waals surface area contributed by atoms with Crippen LogP contribution in [0.1, 0.15) is 193 Å².